The summed E-state index contributed by atoms with van der Waals surface area (Å²) < 4.78 is 1.03. The number of rotatable bonds is 4. The van der Waals surface area contributed by atoms with Crippen molar-refractivity contribution < 1.29 is 0 Å². The average Bonchev–Trinajstić information content (AvgIpc) is 3.49. The van der Waals surface area contributed by atoms with Crippen molar-refractivity contribution in [2.45, 2.75) is 0 Å². The van der Waals surface area contributed by atoms with Gasteiger partial charge in [-0.05, 0) is 40.6 Å². The van der Waals surface area contributed by atoms with Crippen LogP contribution in [0.15, 0.2) is 146 Å². The maximum absolute atomic E-state index is 5.22. The monoisotopic (exact) mass is 592 g/mol. The highest BCUT2D eigenvalue weighted by atomic mass is 32.1. The molecule has 4 heterocycles. The Balaban J connectivity index is 1.23. The molecule has 0 unspecified atom stereocenters. The fourth-order valence-corrected chi connectivity index (χ4v) is 7.07. The normalized spacial score (nSPS) is 11.6. The van der Waals surface area contributed by atoms with Gasteiger partial charge < -0.3 is 0 Å². The highest BCUT2D eigenvalue weighted by Gasteiger charge is 2.18. The summed E-state index contributed by atoms with van der Waals surface area (Å²) in [5.41, 5.74) is 9.06. The SMILES string of the molecule is c1ccc(-c2cnc3sc4c(-c5ccc(-c6ccc7ccccc7n6)cc5)nc(-c5ccc6ccccc6c5)nc4c3c2)cc1. The van der Waals surface area contributed by atoms with Gasteiger partial charge in [0.2, 0.25) is 0 Å². The molecule has 0 aliphatic carbocycles. The van der Waals surface area contributed by atoms with Crippen LogP contribution < -0.4 is 0 Å². The van der Waals surface area contributed by atoms with E-state index < -0.39 is 0 Å². The smallest absolute Gasteiger partial charge is 0.160 e. The Morgan fingerprint density at radius 2 is 1.18 bits per heavy atom. The molecule has 0 aliphatic rings. The van der Waals surface area contributed by atoms with Gasteiger partial charge in [-0.1, -0.05) is 115 Å². The molecule has 4 nitrogen and oxygen atoms in total. The largest absolute Gasteiger partial charge is 0.248 e. The first-order valence-electron chi connectivity index (χ1n) is 14.9. The number of benzene rings is 5. The van der Waals surface area contributed by atoms with Crippen molar-refractivity contribution in [1.82, 2.24) is 19.9 Å². The Hall–Kier alpha value is -5.78. The maximum atomic E-state index is 5.22. The van der Waals surface area contributed by atoms with Gasteiger partial charge >= 0.3 is 0 Å². The summed E-state index contributed by atoms with van der Waals surface area (Å²) >= 11 is 1.65. The molecule has 9 rings (SSSR count). The van der Waals surface area contributed by atoms with Crippen LogP contribution in [-0.2, 0) is 0 Å². The van der Waals surface area contributed by atoms with E-state index in [-0.39, 0.29) is 0 Å². The van der Waals surface area contributed by atoms with Crippen LogP contribution in [0, 0.1) is 0 Å². The lowest BCUT2D eigenvalue weighted by atomic mass is 10.0. The lowest BCUT2D eigenvalue weighted by molar-refractivity contribution is 1.24. The van der Waals surface area contributed by atoms with Crippen LogP contribution in [0.4, 0.5) is 0 Å². The Morgan fingerprint density at radius 3 is 2.04 bits per heavy atom. The summed E-state index contributed by atoms with van der Waals surface area (Å²) in [7, 11) is 0. The third-order valence-corrected chi connectivity index (χ3v) is 9.45. The van der Waals surface area contributed by atoms with Crippen LogP contribution in [0.3, 0.4) is 0 Å². The van der Waals surface area contributed by atoms with Gasteiger partial charge in [0.05, 0.1) is 27.1 Å². The lowest BCUT2D eigenvalue weighted by Gasteiger charge is -2.09. The van der Waals surface area contributed by atoms with Gasteiger partial charge in [-0.15, -0.1) is 11.3 Å². The summed E-state index contributed by atoms with van der Waals surface area (Å²) in [4.78, 5) is 21.2. The van der Waals surface area contributed by atoms with Crippen LogP contribution >= 0.6 is 11.3 Å². The van der Waals surface area contributed by atoms with E-state index in [0.717, 1.165) is 75.9 Å². The first-order valence-corrected chi connectivity index (χ1v) is 15.7. The number of hydrogen-bond donors (Lipinski definition) is 0. The van der Waals surface area contributed by atoms with E-state index in [1.54, 1.807) is 11.3 Å². The van der Waals surface area contributed by atoms with Crippen LogP contribution in [0.1, 0.15) is 0 Å². The molecule has 5 aromatic carbocycles. The molecule has 0 aliphatic heterocycles. The van der Waals surface area contributed by atoms with Crippen molar-refractivity contribution >= 4 is 53.4 Å². The second kappa shape index (κ2) is 10.4. The maximum Gasteiger partial charge on any atom is 0.160 e. The van der Waals surface area contributed by atoms with E-state index in [0.29, 0.717) is 5.82 Å². The predicted molar refractivity (Wildman–Crippen MR) is 187 cm³/mol. The highest BCUT2D eigenvalue weighted by molar-refractivity contribution is 7.25. The molecule has 0 saturated heterocycles. The number of para-hydroxylation sites is 1. The number of thiophene rings is 1. The molecule has 9 aromatic rings. The van der Waals surface area contributed by atoms with E-state index in [9.17, 15) is 0 Å². The third kappa shape index (κ3) is 4.53. The van der Waals surface area contributed by atoms with E-state index in [1.807, 2.05) is 24.4 Å². The predicted octanol–water partition coefficient (Wildman–Crippen LogP) is 10.6. The topological polar surface area (TPSA) is 51.6 Å². The van der Waals surface area contributed by atoms with Crippen LogP contribution in [0.5, 0.6) is 0 Å². The molecule has 0 radical (unpaired) electrons. The van der Waals surface area contributed by atoms with Gasteiger partial charge in [-0.25, -0.2) is 19.9 Å². The highest BCUT2D eigenvalue weighted by Crippen LogP contribution is 2.40. The zero-order valence-corrected chi connectivity index (χ0v) is 24.9. The minimum atomic E-state index is 0.702. The van der Waals surface area contributed by atoms with Crippen molar-refractivity contribution in [2.75, 3.05) is 0 Å². The van der Waals surface area contributed by atoms with E-state index >= 15 is 0 Å². The van der Waals surface area contributed by atoms with E-state index in [2.05, 4.69) is 121 Å². The first kappa shape index (κ1) is 25.7. The van der Waals surface area contributed by atoms with E-state index in [1.165, 1.54) is 5.39 Å². The van der Waals surface area contributed by atoms with Crippen molar-refractivity contribution in [3.05, 3.63) is 146 Å². The van der Waals surface area contributed by atoms with Gasteiger partial charge in [0.15, 0.2) is 5.82 Å². The summed E-state index contributed by atoms with van der Waals surface area (Å²) in [6, 6.07) is 48.4. The van der Waals surface area contributed by atoms with Gasteiger partial charge in [-0.3, -0.25) is 0 Å². The number of hydrogen-bond acceptors (Lipinski definition) is 5. The summed E-state index contributed by atoms with van der Waals surface area (Å²) in [6.07, 6.45) is 1.95. The fraction of sp³-hybridized carbons (Fsp3) is 0. The van der Waals surface area contributed by atoms with Crippen molar-refractivity contribution in [1.29, 1.82) is 0 Å². The second-order valence-electron chi connectivity index (χ2n) is 11.1. The Kier molecular flexibility index (Phi) is 5.96. The zero-order chi connectivity index (χ0) is 29.7. The molecule has 0 atom stereocenters. The number of fused-ring (bicyclic) bond motifs is 5. The Bertz CT molecular complexity index is 2540. The third-order valence-electron chi connectivity index (χ3n) is 8.34. The first-order chi connectivity index (χ1) is 22.3. The van der Waals surface area contributed by atoms with Crippen LogP contribution in [0.2, 0.25) is 0 Å². The van der Waals surface area contributed by atoms with Gasteiger partial charge in [-0.2, -0.15) is 0 Å². The van der Waals surface area contributed by atoms with Gasteiger partial charge in [0.1, 0.15) is 4.83 Å². The number of pyridine rings is 2. The molecule has 0 saturated carbocycles. The summed E-state index contributed by atoms with van der Waals surface area (Å²) in [5.74, 6) is 0.702. The Labute approximate surface area is 263 Å². The van der Waals surface area contributed by atoms with E-state index in [4.69, 9.17) is 19.9 Å². The molecular formula is C40H24N4S. The lowest BCUT2D eigenvalue weighted by Crippen LogP contribution is -1.94. The summed E-state index contributed by atoms with van der Waals surface area (Å²) in [5, 5.41) is 4.53. The molecule has 0 fully saturated rings. The molecule has 0 bridgehead atoms. The minimum absolute atomic E-state index is 0.702. The van der Waals surface area contributed by atoms with Crippen molar-refractivity contribution in [3.63, 3.8) is 0 Å². The van der Waals surface area contributed by atoms with Crippen molar-refractivity contribution in [2.24, 2.45) is 0 Å². The Morgan fingerprint density at radius 1 is 0.467 bits per heavy atom. The molecule has 45 heavy (non-hydrogen) atoms. The summed E-state index contributed by atoms with van der Waals surface area (Å²) in [6.45, 7) is 0. The standard InChI is InChI=1S/C40H24N4S/c1-2-8-25(9-3-1)32-23-33-37-38(45-40(33)41-24-32)36(43-39(44-37)31-19-14-26-10-4-5-12-30(26)22-31)29-17-15-28(16-18-29)35-21-20-27-11-6-7-13-34(27)42-35/h1-24H. The zero-order valence-electron chi connectivity index (χ0n) is 24.1. The number of nitrogens with zero attached hydrogens (tertiary/aromatic N) is 4. The van der Waals surface area contributed by atoms with Crippen LogP contribution in [0.25, 0.3) is 87.1 Å². The average molecular weight is 593 g/mol. The molecule has 210 valence electrons. The van der Waals surface area contributed by atoms with Crippen molar-refractivity contribution in [3.8, 4) is 45.0 Å². The fourth-order valence-electron chi connectivity index (χ4n) is 6.00. The molecule has 5 heteroatoms. The van der Waals surface area contributed by atoms with Gasteiger partial charge in [0.25, 0.3) is 0 Å². The molecule has 0 spiro atoms. The molecule has 4 aromatic heterocycles. The quantitative estimate of drug-likeness (QED) is 0.204. The number of aromatic nitrogens is 4. The minimum Gasteiger partial charge on any atom is -0.248 e. The van der Waals surface area contributed by atoms with Crippen LogP contribution in [-0.4, -0.2) is 19.9 Å². The van der Waals surface area contributed by atoms with Gasteiger partial charge in [0, 0.05) is 39.2 Å². The molecule has 0 amide bonds. The second-order valence-corrected chi connectivity index (χ2v) is 12.1. The molecular weight excluding hydrogens is 569 g/mol. The molecule has 0 N–H and O–H groups in total.